The zero-order valence-corrected chi connectivity index (χ0v) is 22.1. The SMILES string of the molecule is CCCNC(=O)c1cc(NS(=O)(=O)c2ccc(C(C)C)cc2)cnc1N1CCNCC1.O=C(O)C(F)(F)F. The number of carboxylic acid groups (broad SMARTS) is 1. The van der Waals surface area contributed by atoms with Gasteiger partial charge >= 0.3 is 12.1 Å². The predicted molar refractivity (Wildman–Crippen MR) is 137 cm³/mol. The van der Waals surface area contributed by atoms with Crippen molar-refractivity contribution in [2.75, 3.05) is 42.3 Å². The number of alkyl halides is 3. The van der Waals surface area contributed by atoms with Gasteiger partial charge in [-0.2, -0.15) is 13.2 Å². The third kappa shape index (κ3) is 8.87. The van der Waals surface area contributed by atoms with Gasteiger partial charge in [0.15, 0.2) is 0 Å². The van der Waals surface area contributed by atoms with Crippen LogP contribution in [0.15, 0.2) is 41.4 Å². The number of sulfonamides is 1. The van der Waals surface area contributed by atoms with Crippen LogP contribution in [0.1, 0.15) is 49.0 Å². The number of rotatable bonds is 8. The number of anilines is 2. The Labute approximate surface area is 219 Å². The van der Waals surface area contributed by atoms with E-state index in [2.05, 4.69) is 34.2 Å². The first-order chi connectivity index (χ1) is 17.8. The van der Waals surface area contributed by atoms with E-state index in [0.29, 0.717) is 23.8 Å². The highest BCUT2D eigenvalue weighted by Gasteiger charge is 2.38. The van der Waals surface area contributed by atoms with E-state index in [9.17, 15) is 26.4 Å². The van der Waals surface area contributed by atoms with Gasteiger partial charge in [0.2, 0.25) is 0 Å². The molecule has 0 radical (unpaired) electrons. The zero-order valence-electron chi connectivity index (χ0n) is 21.3. The number of nitrogens with one attached hydrogen (secondary N) is 3. The average molecular weight is 560 g/mol. The van der Waals surface area contributed by atoms with Gasteiger partial charge in [-0.25, -0.2) is 18.2 Å². The van der Waals surface area contributed by atoms with Gasteiger partial charge < -0.3 is 20.6 Å². The van der Waals surface area contributed by atoms with Crippen molar-refractivity contribution < 1.29 is 36.3 Å². The van der Waals surface area contributed by atoms with Crippen molar-refractivity contribution in [3.63, 3.8) is 0 Å². The maximum absolute atomic E-state index is 12.9. The number of nitrogens with zero attached hydrogens (tertiary/aromatic N) is 2. The normalized spacial score (nSPS) is 13.9. The second-order valence-corrected chi connectivity index (χ2v) is 10.4. The molecule has 3 rings (SSSR count). The summed E-state index contributed by atoms with van der Waals surface area (Å²) in [6.07, 6.45) is -2.81. The van der Waals surface area contributed by atoms with Gasteiger partial charge in [-0.3, -0.25) is 9.52 Å². The first-order valence-electron chi connectivity index (χ1n) is 11.9. The van der Waals surface area contributed by atoms with Crippen LogP contribution in [0.2, 0.25) is 0 Å². The van der Waals surface area contributed by atoms with Crippen LogP contribution in [0.5, 0.6) is 0 Å². The van der Waals surface area contributed by atoms with Gasteiger partial charge in [-0.05, 0) is 36.1 Å². The number of carboxylic acids is 1. The highest BCUT2D eigenvalue weighted by Crippen LogP contribution is 2.25. The number of hydrogen-bond donors (Lipinski definition) is 4. The van der Waals surface area contributed by atoms with E-state index in [4.69, 9.17) is 9.90 Å². The molecule has 0 bridgehead atoms. The van der Waals surface area contributed by atoms with Crippen LogP contribution in [0, 0.1) is 0 Å². The number of halogens is 3. The first kappa shape index (κ1) is 30.8. The molecule has 4 N–H and O–H groups in total. The minimum Gasteiger partial charge on any atom is -0.475 e. The van der Waals surface area contributed by atoms with Gasteiger partial charge in [0.25, 0.3) is 15.9 Å². The summed E-state index contributed by atoms with van der Waals surface area (Å²) in [5, 5.41) is 13.3. The molecule has 210 valence electrons. The van der Waals surface area contributed by atoms with Crippen LogP contribution in [0.25, 0.3) is 0 Å². The second kappa shape index (κ2) is 13.4. The van der Waals surface area contributed by atoms with Gasteiger partial charge in [0.05, 0.1) is 22.3 Å². The lowest BCUT2D eigenvalue weighted by molar-refractivity contribution is -0.192. The van der Waals surface area contributed by atoms with Gasteiger partial charge in [0.1, 0.15) is 5.82 Å². The monoisotopic (exact) mass is 559 g/mol. The van der Waals surface area contributed by atoms with Crippen LogP contribution in [0.3, 0.4) is 0 Å². The number of piperazine rings is 1. The Hall–Kier alpha value is -3.39. The van der Waals surface area contributed by atoms with Crippen LogP contribution in [0.4, 0.5) is 24.7 Å². The predicted octanol–water partition coefficient (Wildman–Crippen LogP) is 3.19. The lowest BCUT2D eigenvalue weighted by Gasteiger charge is -2.30. The summed E-state index contributed by atoms with van der Waals surface area (Å²) >= 11 is 0. The van der Waals surface area contributed by atoms with Crippen molar-refractivity contribution in [3.8, 4) is 0 Å². The number of benzene rings is 1. The molecule has 10 nitrogen and oxygen atoms in total. The molecule has 0 aliphatic carbocycles. The lowest BCUT2D eigenvalue weighted by atomic mass is 10.0. The molecule has 1 aliphatic rings. The molecule has 1 aromatic heterocycles. The molecular weight excluding hydrogens is 527 g/mol. The minimum atomic E-state index is -5.08. The maximum Gasteiger partial charge on any atom is 0.490 e. The quantitative estimate of drug-likeness (QED) is 0.387. The van der Waals surface area contributed by atoms with Crippen molar-refractivity contribution in [1.29, 1.82) is 0 Å². The standard InChI is InChI=1S/C22H31N5O3S.C2HF3O2/c1-4-9-24-22(28)20-14-18(15-25-21(20)27-12-10-23-11-13-27)26-31(29,30)19-7-5-17(6-8-19)16(2)3;3-2(4,5)1(6)7/h5-8,14-16,23,26H,4,9-13H2,1-3H3,(H,24,28);(H,6,7). The smallest absolute Gasteiger partial charge is 0.475 e. The summed E-state index contributed by atoms with van der Waals surface area (Å²) < 4.78 is 60.0. The minimum absolute atomic E-state index is 0.167. The summed E-state index contributed by atoms with van der Waals surface area (Å²) in [5.41, 5.74) is 1.69. The van der Waals surface area contributed by atoms with Gasteiger partial charge in [0, 0.05) is 32.7 Å². The van der Waals surface area contributed by atoms with E-state index >= 15 is 0 Å². The summed E-state index contributed by atoms with van der Waals surface area (Å²) in [6.45, 7) is 9.69. The van der Waals surface area contributed by atoms with Crippen molar-refractivity contribution in [2.24, 2.45) is 0 Å². The fourth-order valence-corrected chi connectivity index (χ4v) is 4.42. The molecule has 1 saturated heterocycles. The van der Waals surface area contributed by atoms with E-state index in [1.54, 1.807) is 18.2 Å². The number of carbonyl (C=O) groups excluding carboxylic acids is 1. The number of aromatic nitrogens is 1. The van der Waals surface area contributed by atoms with Crippen LogP contribution >= 0.6 is 0 Å². The topological polar surface area (TPSA) is 141 Å². The molecule has 38 heavy (non-hydrogen) atoms. The van der Waals surface area contributed by atoms with Crippen LogP contribution in [-0.4, -0.2) is 69.3 Å². The van der Waals surface area contributed by atoms with E-state index in [1.807, 2.05) is 24.0 Å². The molecule has 0 atom stereocenters. The Kier molecular flexibility index (Phi) is 10.9. The van der Waals surface area contributed by atoms with Gasteiger partial charge in [-0.1, -0.05) is 32.9 Å². The van der Waals surface area contributed by atoms with Gasteiger partial charge in [-0.15, -0.1) is 0 Å². The Morgan fingerprint density at radius 2 is 1.74 bits per heavy atom. The Morgan fingerprint density at radius 3 is 2.24 bits per heavy atom. The molecule has 0 saturated carbocycles. The van der Waals surface area contributed by atoms with Crippen molar-refractivity contribution in [1.82, 2.24) is 15.6 Å². The molecule has 1 aromatic carbocycles. The highest BCUT2D eigenvalue weighted by atomic mass is 32.2. The highest BCUT2D eigenvalue weighted by molar-refractivity contribution is 7.92. The summed E-state index contributed by atoms with van der Waals surface area (Å²) in [5.74, 6) is -2.13. The lowest BCUT2D eigenvalue weighted by Crippen LogP contribution is -2.44. The van der Waals surface area contributed by atoms with Crippen LogP contribution < -0.4 is 20.3 Å². The molecular formula is C24H32F3N5O5S. The van der Waals surface area contributed by atoms with Crippen molar-refractivity contribution in [3.05, 3.63) is 47.7 Å². The van der Waals surface area contributed by atoms with Crippen molar-refractivity contribution >= 4 is 33.4 Å². The molecule has 14 heteroatoms. The Morgan fingerprint density at radius 1 is 1.16 bits per heavy atom. The molecule has 2 aromatic rings. The molecule has 1 aliphatic heterocycles. The number of carbonyl (C=O) groups is 2. The fourth-order valence-electron chi connectivity index (χ4n) is 3.39. The van der Waals surface area contributed by atoms with Crippen molar-refractivity contribution in [2.45, 2.75) is 44.2 Å². The van der Waals surface area contributed by atoms with E-state index in [0.717, 1.165) is 38.2 Å². The Balaban J connectivity index is 0.000000638. The number of hydrogen-bond acceptors (Lipinski definition) is 7. The fraction of sp³-hybridized carbons (Fsp3) is 0.458. The van der Waals surface area contributed by atoms with Crippen LogP contribution in [-0.2, 0) is 14.8 Å². The first-order valence-corrected chi connectivity index (χ1v) is 13.4. The summed E-state index contributed by atoms with van der Waals surface area (Å²) in [7, 11) is -3.80. The Bertz CT molecular complexity index is 1200. The molecule has 0 spiro atoms. The number of aliphatic carboxylic acids is 1. The van der Waals surface area contributed by atoms with E-state index in [1.165, 1.54) is 6.20 Å². The van der Waals surface area contributed by atoms with E-state index in [-0.39, 0.29) is 16.5 Å². The molecule has 1 fully saturated rings. The third-order valence-electron chi connectivity index (χ3n) is 5.42. The zero-order chi connectivity index (χ0) is 28.5. The summed E-state index contributed by atoms with van der Waals surface area (Å²) in [4.78, 5) is 28.3. The number of pyridine rings is 1. The number of amides is 1. The maximum atomic E-state index is 12.9. The summed E-state index contributed by atoms with van der Waals surface area (Å²) in [6, 6.07) is 8.38. The average Bonchev–Trinajstić information content (AvgIpc) is 2.87. The van der Waals surface area contributed by atoms with E-state index < -0.39 is 22.2 Å². The molecule has 0 unspecified atom stereocenters. The largest absolute Gasteiger partial charge is 0.490 e. The second-order valence-electron chi connectivity index (χ2n) is 8.72. The third-order valence-corrected chi connectivity index (χ3v) is 6.81. The molecule has 1 amide bonds. The molecule has 2 heterocycles.